The van der Waals surface area contributed by atoms with Gasteiger partial charge in [-0.05, 0) is 37.0 Å². The maximum atomic E-state index is 14.1. The summed E-state index contributed by atoms with van der Waals surface area (Å²) in [6.07, 6.45) is 5.08. The number of rotatable bonds is 4. The molecule has 0 saturated carbocycles. The molecule has 104 valence electrons. The highest BCUT2D eigenvalue weighted by atomic mass is 19.1. The first-order valence-corrected chi connectivity index (χ1v) is 6.92. The van der Waals surface area contributed by atoms with Gasteiger partial charge in [0.15, 0.2) is 0 Å². The molecule has 0 bridgehead atoms. The lowest BCUT2D eigenvalue weighted by Gasteiger charge is -2.23. The quantitative estimate of drug-likeness (QED) is 0.908. The van der Waals surface area contributed by atoms with E-state index in [0.29, 0.717) is 12.1 Å². The zero-order valence-corrected chi connectivity index (χ0v) is 11.1. The molecule has 1 aromatic rings. The summed E-state index contributed by atoms with van der Waals surface area (Å²) in [7, 11) is 0. The van der Waals surface area contributed by atoms with Gasteiger partial charge in [0.05, 0.1) is 5.69 Å². The number of carboxylic acids is 1. The van der Waals surface area contributed by atoms with E-state index in [4.69, 9.17) is 5.11 Å². The Bertz CT molecular complexity index is 440. The van der Waals surface area contributed by atoms with E-state index < -0.39 is 5.97 Å². The smallest absolute Gasteiger partial charge is 0.303 e. The summed E-state index contributed by atoms with van der Waals surface area (Å²) in [5.41, 5.74) is 1.40. The minimum absolute atomic E-state index is 0.0441. The Morgan fingerprint density at radius 3 is 2.47 bits per heavy atom. The van der Waals surface area contributed by atoms with Gasteiger partial charge in [-0.15, -0.1) is 0 Å². The first kappa shape index (κ1) is 13.8. The van der Waals surface area contributed by atoms with Crippen LogP contribution in [0.15, 0.2) is 18.2 Å². The molecule has 0 amide bonds. The maximum absolute atomic E-state index is 14.1. The standard InChI is InChI=1S/C15H20FNO2/c16-13-11-12(6-8-15(18)19)5-7-14(13)17-9-3-1-2-4-10-17/h5,7,11H,1-4,6,8-10H2,(H,18,19). The lowest BCUT2D eigenvalue weighted by Crippen LogP contribution is -2.24. The maximum Gasteiger partial charge on any atom is 0.303 e. The highest BCUT2D eigenvalue weighted by Crippen LogP contribution is 2.24. The fourth-order valence-corrected chi connectivity index (χ4v) is 2.53. The van der Waals surface area contributed by atoms with Crippen molar-refractivity contribution in [3.8, 4) is 0 Å². The molecular weight excluding hydrogens is 245 g/mol. The summed E-state index contributed by atoms with van der Waals surface area (Å²) in [4.78, 5) is 12.6. The van der Waals surface area contributed by atoms with Gasteiger partial charge in [-0.25, -0.2) is 4.39 Å². The first-order chi connectivity index (χ1) is 9.16. The molecule has 1 heterocycles. The first-order valence-electron chi connectivity index (χ1n) is 6.92. The van der Waals surface area contributed by atoms with Gasteiger partial charge in [0.25, 0.3) is 0 Å². The van der Waals surface area contributed by atoms with Crippen LogP contribution in [0.3, 0.4) is 0 Å². The number of anilines is 1. The molecule has 2 rings (SSSR count). The molecule has 19 heavy (non-hydrogen) atoms. The summed E-state index contributed by atoms with van der Waals surface area (Å²) in [5.74, 6) is -1.08. The molecule has 1 aromatic carbocycles. The third kappa shape index (κ3) is 3.94. The normalized spacial score (nSPS) is 16.2. The van der Waals surface area contributed by atoms with E-state index in [1.165, 1.54) is 18.9 Å². The molecule has 0 aliphatic carbocycles. The molecule has 0 unspecified atom stereocenters. The Balaban J connectivity index is 2.07. The van der Waals surface area contributed by atoms with E-state index in [2.05, 4.69) is 4.90 Å². The molecule has 1 N–H and O–H groups in total. The molecule has 0 aromatic heterocycles. The molecule has 1 saturated heterocycles. The topological polar surface area (TPSA) is 40.5 Å². The minimum atomic E-state index is -0.850. The van der Waals surface area contributed by atoms with E-state index in [-0.39, 0.29) is 12.2 Å². The van der Waals surface area contributed by atoms with Crippen LogP contribution in [0.25, 0.3) is 0 Å². The number of carbonyl (C=O) groups is 1. The number of aliphatic carboxylic acids is 1. The van der Waals surface area contributed by atoms with Crippen molar-refractivity contribution in [2.45, 2.75) is 38.5 Å². The second-order valence-corrected chi connectivity index (χ2v) is 5.08. The number of aryl methyl sites for hydroxylation is 1. The third-order valence-corrected chi connectivity index (χ3v) is 3.59. The van der Waals surface area contributed by atoms with Crippen molar-refractivity contribution in [3.05, 3.63) is 29.6 Å². The van der Waals surface area contributed by atoms with Gasteiger partial charge in [-0.3, -0.25) is 4.79 Å². The minimum Gasteiger partial charge on any atom is -0.481 e. The van der Waals surface area contributed by atoms with Gasteiger partial charge in [-0.1, -0.05) is 18.9 Å². The van der Waals surface area contributed by atoms with Crippen LogP contribution in [-0.2, 0) is 11.2 Å². The van der Waals surface area contributed by atoms with Crippen LogP contribution in [0, 0.1) is 5.82 Å². The third-order valence-electron chi connectivity index (χ3n) is 3.59. The van der Waals surface area contributed by atoms with E-state index in [1.54, 1.807) is 6.07 Å². The average Bonchev–Trinajstić information content (AvgIpc) is 2.65. The second-order valence-electron chi connectivity index (χ2n) is 5.08. The number of halogens is 1. The fraction of sp³-hybridized carbons (Fsp3) is 0.533. The SMILES string of the molecule is O=C(O)CCc1ccc(N2CCCCCC2)c(F)c1. The Kier molecular flexibility index (Phi) is 4.77. The predicted molar refractivity (Wildman–Crippen MR) is 73.0 cm³/mol. The zero-order chi connectivity index (χ0) is 13.7. The largest absolute Gasteiger partial charge is 0.481 e. The number of nitrogens with zero attached hydrogens (tertiary/aromatic N) is 1. The van der Waals surface area contributed by atoms with E-state index in [1.807, 2.05) is 6.07 Å². The van der Waals surface area contributed by atoms with Crippen molar-refractivity contribution in [2.24, 2.45) is 0 Å². The Labute approximate surface area is 113 Å². The molecule has 0 atom stereocenters. The lowest BCUT2D eigenvalue weighted by atomic mass is 10.1. The molecule has 0 radical (unpaired) electrons. The molecule has 1 aliphatic rings. The van der Waals surface area contributed by atoms with Gasteiger partial charge in [0.2, 0.25) is 0 Å². The monoisotopic (exact) mass is 265 g/mol. The van der Waals surface area contributed by atoms with E-state index in [9.17, 15) is 9.18 Å². The number of benzene rings is 1. The summed E-state index contributed by atoms with van der Waals surface area (Å²) < 4.78 is 14.1. The molecule has 1 fully saturated rings. The Hall–Kier alpha value is -1.58. The number of hydrogen-bond donors (Lipinski definition) is 1. The van der Waals surface area contributed by atoms with Crippen LogP contribution in [0.5, 0.6) is 0 Å². The molecule has 0 spiro atoms. The highest BCUT2D eigenvalue weighted by molar-refractivity contribution is 5.67. The van der Waals surface area contributed by atoms with Crippen molar-refractivity contribution >= 4 is 11.7 Å². The van der Waals surface area contributed by atoms with Gasteiger partial charge < -0.3 is 10.0 Å². The van der Waals surface area contributed by atoms with Crippen LogP contribution < -0.4 is 4.90 Å². The van der Waals surface area contributed by atoms with Crippen LogP contribution in [0.2, 0.25) is 0 Å². The highest BCUT2D eigenvalue weighted by Gasteiger charge is 2.14. The Morgan fingerprint density at radius 1 is 1.21 bits per heavy atom. The van der Waals surface area contributed by atoms with Gasteiger partial charge in [0.1, 0.15) is 5.82 Å². The zero-order valence-electron chi connectivity index (χ0n) is 11.1. The van der Waals surface area contributed by atoms with Crippen LogP contribution in [0.1, 0.15) is 37.7 Å². The van der Waals surface area contributed by atoms with Crippen LogP contribution >= 0.6 is 0 Å². The number of hydrogen-bond acceptors (Lipinski definition) is 2. The van der Waals surface area contributed by atoms with Crippen LogP contribution in [0.4, 0.5) is 10.1 Å². The lowest BCUT2D eigenvalue weighted by molar-refractivity contribution is -0.136. The van der Waals surface area contributed by atoms with Crippen molar-refractivity contribution in [1.82, 2.24) is 0 Å². The predicted octanol–water partition coefficient (Wildman–Crippen LogP) is 3.22. The van der Waals surface area contributed by atoms with E-state index >= 15 is 0 Å². The van der Waals surface area contributed by atoms with Gasteiger partial charge >= 0.3 is 5.97 Å². The summed E-state index contributed by atoms with van der Waals surface area (Å²) in [6, 6.07) is 5.10. The van der Waals surface area contributed by atoms with Crippen molar-refractivity contribution in [3.63, 3.8) is 0 Å². The van der Waals surface area contributed by atoms with Crippen molar-refractivity contribution < 1.29 is 14.3 Å². The molecule has 4 heteroatoms. The molecular formula is C15H20FNO2. The molecule has 1 aliphatic heterocycles. The second kappa shape index (κ2) is 6.55. The van der Waals surface area contributed by atoms with Crippen molar-refractivity contribution in [2.75, 3.05) is 18.0 Å². The average molecular weight is 265 g/mol. The summed E-state index contributed by atoms with van der Waals surface area (Å²) >= 11 is 0. The molecule has 3 nitrogen and oxygen atoms in total. The number of carboxylic acid groups (broad SMARTS) is 1. The van der Waals surface area contributed by atoms with Gasteiger partial charge in [-0.2, -0.15) is 0 Å². The summed E-state index contributed by atoms with van der Waals surface area (Å²) in [5, 5.41) is 8.63. The van der Waals surface area contributed by atoms with E-state index in [0.717, 1.165) is 31.5 Å². The van der Waals surface area contributed by atoms with Crippen LogP contribution in [-0.4, -0.2) is 24.2 Å². The van der Waals surface area contributed by atoms with Crippen molar-refractivity contribution in [1.29, 1.82) is 0 Å². The van der Waals surface area contributed by atoms with Gasteiger partial charge in [0, 0.05) is 19.5 Å². The fourth-order valence-electron chi connectivity index (χ4n) is 2.53. The summed E-state index contributed by atoms with van der Waals surface area (Å²) in [6.45, 7) is 1.82. The Morgan fingerprint density at radius 2 is 1.89 bits per heavy atom.